The Morgan fingerprint density at radius 1 is 0.842 bits per heavy atom. The van der Waals surface area contributed by atoms with Crippen LogP contribution in [0.25, 0.3) is 0 Å². The van der Waals surface area contributed by atoms with Crippen LogP contribution in [0.5, 0.6) is 0 Å². The minimum atomic E-state index is -0.240. The summed E-state index contributed by atoms with van der Waals surface area (Å²) in [4.78, 5) is 0. The van der Waals surface area contributed by atoms with Gasteiger partial charge in [-0.3, -0.25) is 0 Å². The third-order valence-electron chi connectivity index (χ3n) is 3.46. The van der Waals surface area contributed by atoms with Gasteiger partial charge >= 0.3 is 0 Å². The second-order valence-electron chi connectivity index (χ2n) is 5.70. The maximum Gasteiger partial charge on any atom is 0.0574 e. The summed E-state index contributed by atoms with van der Waals surface area (Å²) < 4.78 is 0. The molecule has 19 heavy (non-hydrogen) atoms. The maximum absolute atomic E-state index is 9.73. The number of unbranched alkanes of at least 4 members (excludes halogenated alkanes) is 6. The number of hydrogen-bond acceptors (Lipinski definition) is 2. The van der Waals surface area contributed by atoms with Crippen molar-refractivity contribution in [2.45, 2.75) is 96.7 Å². The highest BCUT2D eigenvalue weighted by atomic mass is 16.3. The Kier molecular flexibility index (Phi) is 13.8. The Balaban J connectivity index is 3.27. The number of aliphatic hydroxyl groups is 2. The molecule has 0 unspecified atom stereocenters. The van der Waals surface area contributed by atoms with Crippen molar-refractivity contribution < 1.29 is 10.2 Å². The van der Waals surface area contributed by atoms with E-state index >= 15 is 0 Å². The first-order valence-electron chi connectivity index (χ1n) is 8.18. The van der Waals surface area contributed by atoms with Crippen LogP contribution >= 0.6 is 0 Å². The Bertz CT molecular complexity index is 199. The van der Waals surface area contributed by atoms with Crippen LogP contribution in [0.15, 0.2) is 12.2 Å². The molecule has 0 heterocycles. The van der Waals surface area contributed by atoms with E-state index in [0.29, 0.717) is 0 Å². The molecule has 0 saturated heterocycles. The maximum atomic E-state index is 9.73. The minimum absolute atomic E-state index is 0.237. The molecule has 0 aromatic rings. The number of allylic oxidation sites excluding steroid dienone is 1. The molecule has 0 aromatic heterocycles. The monoisotopic (exact) mass is 270 g/mol. The molecule has 0 aliphatic carbocycles. The van der Waals surface area contributed by atoms with Gasteiger partial charge in [0.05, 0.1) is 12.2 Å². The molecule has 0 fully saturated rings. The van der Waals surface area contributed by atoms with Crippen molar-refractivity contribution in [2.75, 3.05) is 0 Å². The molecular weight excluding hydrogens is 236 g/mol. The summed E-state index contributed by atoms with van der Waals surface area (Å²) in [7, 11) is 0. The van der Waals surface area contributed by atoms with Crippen LogP contribution in [0.4, 0.5) is 0 Å². The number of aliphatic hydroxyl groups excluding tert-OH is 2. The highest BCUT2D eigenvalue weighted by Gasteiger charge is 2.02. The molecule has 0 spiro atoms. The predicted octanol–water partition coefficient (Wildman–Crippen LogP) is 4.60. The van der Waals surface area contributed by atoms with Gasteiger partial charge in [-0.25, -0.2) is 0 Å². The highest BCUT2D eigenvalue weighted by molar-refractivity contribution is 4.84. The molecule has 2 N–H and O–H groups in total. The van der Waals surface area contributed by atoms with Crippen molar-refractivity contribution in [3.05, 3.63) is 12.2 Å². The second kappa shape index (κ2) is 14.1. The van der Waals surface area contributed by atoms with E-state index in [1.54, 1.807) is 6.92 Å². The molecule has 2 heteroatoms. The van der Waals surface area contributed by atoms with E-state index in [9.17, 15) is 5.11 Å². The van der Waals surface area contributed by atoms with Gasteiger partial charge < -0.3 is 10.2 Å². The Hall–Kier alpha value is -0.340. The highest BCUT2D eigenvalue weighted by Crippen LogP contribution is 2.09. The fraction of sp³-hybridized carbons (Fsp3) is 0.882. The summed E-state index contributed by atoms with van der Waals surface area (Å²) in [5, 5.41) is 18.8. The van der Waals surface area contributed by atoms with Crippen molar-refractivity contribution in [3.8, 4) is 0 Å². The fourth-order valence-electron chi connectivity index (χ4n) is 2.18. The van der Waals surface area contributed by atoms with Crippen LogP contribution < -0.4 is 0 Å². The zero-order valence-electron chi connectivity index (χ0n) is 13.0. The Morgan fingerprint density at radius 2 is 1.53 bits per heavy atom. The Morgan fingerprint density at radius 3 is 2.21 bits per heavy atom. The third kappa shape index (κ3) is 15.6. The lowest BCUT2D eigenvalue weighted by atomic mass is 10.1. The molecule has 114 valence electrons. The molecule has 0 aliphatic heterocycles. The van der Waals surface area contributed by atoms with Crippen LogP contribution in [-0.4, -0.2) is 22.4 Å². The topological polar surface area (TPSA) is 40.5 Å². The normalized spacial score (nSPS) is 14.9. The van der Waals surface area contributed by atoms with E-state index in [-0.39, 0.29) is 12.2 Å². The van der Waals surface area contributed by atoms with Gasteiger partial charge in [-0.1, -0.05) is 51.2 Å². The van der Waals surface area contributed by atoms with Crippen molar-refractivity contribution in [3.63, 3.8) is 0 Å². The van der Waals surface area contributed by atoms with E-state index in [4.69, 9.17) is 5.11 Å². The first kappa shape index (κ1) is 18.7. The van der Waals surface area contributed by atoms with E-state index in [0.717, 1.165) is 32.1 Å². The summed E-state index contributed by atoms with van der Waals surface area (Å²) in [5.74, 6) is 0. The van der Waals surface area contributed by atoms with Crippen LogP contribution in [-0.2, 0) is 0 Å². The fourth-order valence-corrected chi connectivity index (χ4v) is 2.18. The lowest BCUT2D eigenvalue weighted by molar-refractivity contribution is 0.144. The molecule has 0 aliphatic rings. The van der Waals surface area contributed by atoms with Crippen LogP contribution in [0, 0.1) is 0 Å². The lowest BCUT2D eigenvalue weighted by Crippen LogP contribution is -2.07. The molecule has 0 saturated carbocycles. The van der Waals surface area contributed by atoms with E-state index in [1.807, 2.05) is 0 Å². The van der Waals surface area contributed by atoms with Gasteiger partial charge in [-0.05, 0) is 45.4 Å². The first-order valence-corrected chi connectivity index (χ1v) is 8.18. The lowest BCUT2D eigenvalue weighted by Gasteiger charge is -2.08. The van der Waals surface area contributed by atoms with E-state index in [1.165, 1.54) is 38.5 Å². The molecule has 0 radical (unpaired) electrons. The summed E-state index contributed by atoms with van der Waals surface area (Å²) in [6, 6.07) is 0. The predicted molar refractivity (Wildman–Crippen MR) is 83.3 cm³/mol. The van der Waals surface area contributed by atoms with Crippen molar-refractivity contribution >= 4 is 0 Å². The summed E-state index contributed by atoms with van der Waals surface area (Å²) in [5.41, 5.74) is 0. The molecule has 0 rings (SSSR count). The van der Waals surface area contributed by atoms with Gasteiger partial charge in [-0.2, -0.15) is 0 Å². The van der Waals surface area contributed by atoms with Gasteiger partial charge in [0.1, 0.15) is 0 Å². The van der Waals surface area contributed by atoms with E-state index in [2.05, 4.69) is 19.1 Å². The standard InChI is InChI=1S/C17H34O2/c1-3-4-5-6-7-8-9-10-11-14-17(19)15-12-13-16(2)18/h10-11,16-19H,3-9,12-15H2,1-2H3/b11-10-/t16-,17-/m1/s1. The van der Waals surface area contributed by atoms with Crippen LogP contribution in [0.2, 0.25) is 0 Å². The summed E-state index contributed by atoms with van der Waals surface area (Å²) >= 11 is 0. The Labute approximate surface area is 119 Å². The average Bonchev–Trinajstić information content (AvgIpc) is 2.36. The van der Waals surface area contributed by atoms with Gasteiger partial charge in [0.2, 0.25) is 0 Å². The number of rotatable bonds is 13. The van der Waals surface area contributed by atoms with Crippen LogP contribution in [0.3, 0.4) is 0 Å². The van der Waals surface area contributed by atoms with Gasteiger partial charge in [0, 0.05) is 0 Å². The molecular formula is C17H34O2. The van der Waals surface area contributed by atoms with Crippen LogP contribution in [0.1, 0.15) is 84.5 Å². The smallest absolute Gasteiger partial charge is 0.0574 e. The molecule has 2 nitrogen and oxygen atoms in total. The van der Waals surface area contributed by atoms with Crippen molar-refractivity contribution in [2.24, 2.45) is 0 Å². The third-order valence-corrected chi connectivity index (χ3v) is 3.46. The zero-order chi connectivity index (χ0) is 14.3. The molecule has 2 atom stereocenters. The van der Waals surface area contributed by atoms with Gasteiger partial charge in [0.15, 0.2) is 0 Å². The van der Waals surface area contributed by atoms with Gasteiger partial charge in [-0.15, -0.1) is 0 Å². The summed E-state index contributed by atoms with van der Waals surface area (Å²) in [6.45, 7) is 4.04. The van der Waals surface area contributed by atoms with Crippen molar-refractivity contribution in [1.82, 2.24) is 0 Å². The van der Waals surface area contributed by atoms with Gasteiger partial charge in [0.25, 0.3) is 0 Å². The largest absolute Gasteiger partial charge is 0.393 e. The molecule has 0 amide bonds. The van der Waals surface area contributed by atoms with E-state index < -0.39 is 0 Å². The first-order chi connectivity index (χ1) is 9.16. The van der Waals surface area contributed by atoms with Crippen molar-refractivity contribution in [1.29, 1.82) is 0 Å². The average molecular weight is 270 g/mol. The number of hydrogen-bond donors (Lipinski definition) is 2. The summed E-state index contributed by atoms with van der Waals surface area (Å²) in [6.07, 6.45) is 16.3. The quantitative estimate of drug-likeness (QED) is 0.379. The molecule has 0 bridgehead atoms. The SMILES string of the molecule is CCCCCCCC/C=C\C[C@@H](O)CCC[C@@H](C)O. The minimum Gasteiger partial charge on any atom is -0.393 e. The zero-order valence-corrected chi connectivity index (χ0v) is 13.0. The molecule has 0 aromatic carbocycles. The second-order valence-corrected chi connectivity index (χ2v) is 5.70.